The Bertz CT molecular complexity index is 1100. The van der Waals surface area contributed by atoms with Crippen molar-refractivity contribution in [2.24, 2.45) is 0 Å². The highest BCUT2D eigenvalue weighted by molar-refractivity contribution is 5.91. The van der Waals surface area contributed by atoms with Crippen LogP contribution in [0, 0.1) is 5.82 Å². The van der Waals surface area contributed by atoms with Gasteiger partial charge < -0.3 is 10.2 Å². The fourth-order valence-electron chi connectivity index (χ4n) is 3.74. The molecule has 160 valence electrons. The minimum Gasteiger partial charge on any atom is -0.350 e. The van der Waals surface area contributed by atoms with Crippen LogP contribution in [-0.2, 0) is 6.54 Å². The van der Waals surface area contributed by atoms with Gasteiger partial charge in [-0.2, -0.15) is 5.10 Å². The van der Waals surface area contributed by atoms with E-state index in [1.54, 1.807) is 18.2 Å². The molecule has 1 aromatic carbocycles. The van der Waals surface area contributed by atoms with E-state index < -0.39 is 0 Å². The second kappa shape index (κ2) is 9.46. The number of nitrogens with zero attached hydrogens (tertiary/aromatic N) is 5. The molecule has 31 heavy (non-hydrogen) atoms. The summed E-state index contributed by atoms with van der Waals surface area (Å²) in [5, 5.41) is 7.45. The van der Waals surface area contributed by atoms with Crippen molar-refractivity contribution in [1.82, 2.24) is 25.1 Å². The summed E-state index contributed by atoms with van der Waals surface area (Å²) in [6.07, 6.45) is 7.37. The lowest BCUT2D eigenvalue weighted by molar-refractivity contribution is 0.0944. The Morgan fingerprint density at radius 2 is 2.10 bits per heavy atom. The summed E-state index contributed by atoms with van der Waals surface area (Å²) in [7, 11) is 0. The van der Waals surface area contributed by atoms with Gasteiger partial charge in [0, 0.05) is 37.6 Å². The molecule has 0 aliphatic carbocycles. The third-order valence-electron chi connectivity index (χ3n) is 5.29. The lowest BCUT2D eigenvalue weighted by Crippen LogP contribution is -2.47. The van der Waals surface area contributed by atoms with Crippen LogP contribution in [-0.4, -0.2) is 44.8 Å². The highest BCUT2D eigenvalue weighted by Crippen LogP contribution is 2.22. The molecule has 3 heterocycles. The number of hydrogen-bond acceptors (Lipinski definition) is 6. The fourth-order valence-corrected chi connectivity index (χ4v) is 3.74. The number of carbonyl (C=O) groups is 1. The second-order valence-corrected chi connectivity index (χ2v) is 7.46. The summed E-state index contributed by atoms with van der Waals surface area (Å²) in [5.41, 5.74) is 0.683. The first-order valence-corrected chi connectivity index (χ1v) is 10.2. The van der Waals surface area contributed by atoms with E-state index in [0.717, 1.165) is 25.8 Å². The summed E-state index contributed by atoms with van der Waals surface area (Å²) in [6.45, 7) is 1.39. The first-order valence-electron chi connectivity index (χ1n) is 10.2. The highest BCUT2D eigenvalue weighted by atomic mass is 19.1. The van der Waals surface area contributed by atoms with Gasteiger partial charge >= 0.3 is 0 Å². The lowest BCUT2D eigenvalue weighted by Gasteiger charge is -2.36. The zero-order chi connectivity index (χ0) is 21.6. The van der Waals surface area contributed by atoms with E-state index in [1.807, 2.05) is 0 Å². The number of hydrogen-bond donors (Lipinski definition) is 1. The van der Waals surface area contributed by atoms with Gasteiger partial charge in [0.1, 0.15) is 17.3 Å². The van der Waals surface area contributed by atoms with Crippen molar-refractivity contribution in [1.29, 1.82) is 0 Å². The summed E-state index contributed by atoms with van der Waals surface area (Å²) < 4.78 is 14.8. The Kier molecular flexibility index (Phi) is 6.30. The van der Waals surface area contributed by atoms with Crippen molar-refractivity contribution in [3.05, 3.63) is 82.4 Å². The van der Waals surface area contributed by atoms with Crippen LogP contribution < -0.4 is 15.8 Å². The predicted molar refractivity (Wildman–Crippen MR) is 113 cm³/mol. The van der Waals surface area contributed by atoms with Crippen LogP contribution in [0.15, 0.2) is 59.8 Å². The molecule has 1 N–H and O–H groups in total. The number of carbonyl (C=O) groups excluding carboxylic acids is 1. The second-order valence-electron chi connectivity index (χ2n) is 7.46. The Hall–Kier alpha value is -3.62. The first-order chi connectivity index (χ1) is 15.1. The van der Waals surface area contributed by atoms with Crippen LogP contribution in [0.3, 0.4) is 0 Å². The van der Waals surface area contributed by atoms with Crippen LogP contribution in [0.2, 0.25) is 0 Å². The summed E-state index contributed by atoms with van der Waals surface area (Å²) in [6, 6.07) is 9.35. The molecule has 0 spiro atoms. The van der Waals surface area contributed by atoms with Crippen LogP contribution in [0.25, 0.3) is 0 Å². The number of amides is 1. The number of anilines is 1. The van der Waals surface area contributed by atoms with Gasteiger partial charge in [-0.05, 0) is 43.0 Å². The molecule has 1 saturated heterocycles. The predicted octanol–water partition coefficient (Wildman–Crippen LogP) is 2.01. The van der Waals surface area contributed by atoms with Crippen LogP contribution in [0.5, 0.6) is 0 Å². The van der Waals surface area contributed by atoms with Crippen molar-refractivity contribution >= 4 is 11.7 Å². The summed E-state index contributed by atoms with van der Waals surface area (Å²) >= 11 is 0. The molecule has 1 amide bonds. The maximum atomic E-state index is 13.5. The number of benzene rings is 1. The normalized spacial score (nSPS) is 16.2. The van der Waals surface area contributed by atoms with E-state index in [0.29, 0.717) is 17.9 Å². The zero-order valence-electron chi connectivity index (χ0n) is 16.9. The summed E-state index contributed by atoms with van der Waals surface area (Å²) in [4.78, 5) is 34.7. The molecule has 1 unspecified atom stereocenters. The van der Waals surface area contributed by atoms with Gasteiger partial charge in [0.2, 0.25) is 0 Å². The lowest BCUT2D eigenvalue weighted by atomic mass is 10.0. The van der Waals surface area contributed by atoms with E-state index in [-0.39, 0.29) is 35.6 Å². The molecule has 0 radical (unpaired) electrons. The molecule has 4 rings (SSSR count). The van der Waals surface area contributed by atoms with Gasteiger partial charge in [-0.25, -0.2) is 14.1 Å². The Balaban J connectivity index is 1.50. The van der Waals surface area contributed by atoms with Gasteiger partial charge in [0.05, 0.1) is 12.7 Å². The van der Waals surface area contributed by atoms with Gasteiger partial charge in [0.15, 0.2) is 0 Å². The molecule has 0 bridgehead atoms. The molecule has 9 heteroatoms. The quantitative estimate of drug-likeness (QED) is 0.653. The number of rotatable bonds is 6. The van der Waals surface area contributed by atoms with E-state index in [1.165, 1.54) is 41.5 Å². The number of piperidine rings is 1. The SMILES string of the molecule is O=C(NCC1CCCCN1c1ccc(=O)n(Cc2cccc(F)c2)n1)c1cnccn1. The number of halogens is 1. The topological polar surface area (TPSA) is 93.0 Å². The maximum absolute atomic E-state index is 13.5. The fraction of sp³-hybridized carbons (Fsp3) is 0.318. The minimum atomic E-state index is -0.350. The van der Waals surface area contributed by atoms with E-state index in [4.69, 9.17) is 0 Å². The zero-order valence-corrected chi connectivity index (χ0v) is 16.9. The Labute approximate surface area is 178 Å². The van der Waals surface area contributed by atoms with Gasteiger partial charge in [0.25, 0.3) is 11.5 Å². The molecule has 1 fully saturated rings. The molecule has 1 atom stereocenters. The maximum Gasteiger partial charge on any atom is 0.271 e. The first kappa shape index (κ1) is 20.6. The smallest absolute Gasteiger partial charge is 0.271 e. The molecule has 1 aliphatic heterocycles. The average molecular weight is 422 g/mol. The minimum absolute atomic E-state index is 0.0435. The van der Waals surface area contributed by atoms with Crippen molar-refractivity contribution in [2.75, 3.05) is 18.0 Å². The number of aromatic nitrogens is 4. The van der Waals surface area contributed by atoms with Gasteiger partial charge in [-0.3, -0.25) is 14.6 Å². The van der Waals surface area contributed by atoms with Crippen LogP contribution in [0.1, 0.15) is 35.3 Å². The highest BCUT2D eigenvalue weighted by Gasteiger charge is 2.25. The molecule has 1 aliphatic rings. The molecule has 0 saturated carbocycles. The van der Waals surface area contributed by atoms with Gasteiger partial charge in [-0.15, -0.1) is 0 Å². The van der Waals surface area contributed by atoms with Crippen LogP contribution >= 0.6 is 0 Å². The molecule has 2 aromatic heterocycles. The van der Waals surface area contributed by atoms with Crippen molar-refractivity contribution in [3.8, 4) is 0 Å². The molecule has 3 aromatic rings. The standard InChI is InChI=1S/C22H23FN6O2/c23-17-5-3-4-16(12-17)15-29-21(30)8-7-20(27-29)28-11-2-1-6-18(28)13-26-22(31)19-14-24-9-10-25-19/h3-5,7-10,12,14,18H,1-2,6,11,13,15H2,(H,26,31). The van der Waals surface area contributed by atoms with E-state index in [2.05, 4.69) is 25.3 Å². The Morgan fingerprint density at radius 3 is 2.90 bits per heavy atom. The summed E-state index contributed by atoms with van der Waals surface area (Å²) in [5.74, 6) is 0.0359. The van der Waals surface area contributed by atoms with Gasteiger partial charge in [-0.1, -0.05) is 12.1 Å². The van der Waals surface area contributed by atoms with Crippen molar-refractivity contribution < 1.29 is 9.18 Å². The Morgan fingerprint density at radius 1 is 1.19 bits per heavy atom. The average Bonchev–Trinajstić information content (AvgIpc) is 2.80. The number of nitrogens with one attached hydrogen (secondary N) is 1. The largest absolute Gasteiger partial charge is 0.350 e. The van der Waals surface area contributed by atoms with Crippen LogP contribution in [0.4, 0.5) is 10.2 Å². The molecule has 8 nitrogen and oxygen atoms in total. The third kappa shape index (κ3) is 5.11. The van der Waals surface area contributed by atoms with Crippen molar-refractivity contribution in [3.63, 3.8) is 0 Å². The van der Waals surface area contributed by atoms with E-state index >= 15 is 0 Å². The molecular formula is C22H23FN6O2. The third-order valence-corrected chi connectivity index (χ3v) is 5.29. The van der Waals surface area contributed by atoms with Crippen molar-refractivity contribution in [2.45, 2.75) is 31.8 Å². The van der Waals surface area contributed by atoms with E-state index in [9.17, 15) is 14.0 Å². The monoisotopic (exact) mass is 422 g/mol. The molecular weight excluding hydrogens is 399 g/mol.